The topological polar surface area (TPSA) is 29.5 Å². The number of benzene rings is 8. The van der Waals surface area contributed by atoms with Crippen LogP contribution in [0.25, 0.3) is 76.9 Å². The van der Waals surface area contributed by atoms with E-state index in [-0.39, 0.29) is 0 Å². The molecule has 0 bridgehead atoms. The molecule has 3 nitrogen and oxygen atoms in total. The number of fused-ring (bicyclic) bond motifs is 8. The molecule has 0 atom stereocenters. The van der Waals surface area contributed by atoms with E-state index in [9.17, 15) is 0 Å². The molecule has 49 heavy (non-hydrogen) atoms. The molecule has 0 aliphatic carbocycles. The Morgan fingerprint density at radius 3 is 1.76 bits per heavy atom. The third-order valence-electron chi connectivity index (χ3n) is 9.67. The summed E-state index contributed by atoms with van der Waals surface area (Å²) in [6.45, 7) is 0. The maximum absolute atomic E-state index is 6.68. The van der Waals surface area contributed by atoms with E-state index >= 15 is 0 Å². The largest absolute Gasteiger partial charge is 0.455 e. The Morgan fingerprint density at radius 2 is 0.918 bits per heavy atom. The molecule has 3 heteroatoms. The van der Waals surface area contributed by atoms with Gasteiger partial charge in [-0.05, 0) is 59.0 Å². The van der Waals surface area contributed by atoms with Crippen LogP contribution in [0, 0.1) is 0 Å². The maximum Gasteiger partial charge on any atom is 0.159 e. The zero-order chi connectivity index (χ0) is 32.3. The van der Waals surface area contributed by atoms with Gasteiger partial charge in [0.25, 0.3) is 0 Å². The SMILES string of the molecule is c1ccc(-c2ccccc2N(c2ccccc2-c2ccc3oc4c5ccccc5ccc4c3c2)c2cccc3c2oc2ccccc23)cc1. The van der Waals surface area contributed by atoms with E-state index in [0.29, 0.717) is 0 Å². The first-order valence-electron chi connectivity index (χ1n) is 16.6. The average molecular weight is 628 g/mol. The summed E-state index contributed by atoms with van der Waals surface area (Å²) in [4.78, 5) is 2.37. The molecule has 0 saturated heterocycles. The lowest BCUT2D eigenvalue weighted by atomic mass is 9.97. The van der Waals surface area contributed by atoms with E-state index in [0.717, 1.165) is 88.6 Å². The summed E-state index contributed by atoms with van der Waals surface area (Å²) in [6, 6.07) is 62.0. The summed E-state index contributed by atoms with van der Waals surface area (Å²) in [5.74, 6) is 0. The van der Waals surface area contributed by atoms with Crippen molar-refractivity contribution in [2.75, 3.05) is 4.90 Å². The molecule has 0 aliphatic rings. The van der Waals surface area contributed by atoms with Gasteiger partial charge < -0.3 is 13.7 Å². The van der Waals surface area contributed by atoms with Crippen LogP contribution in [0.2, 0.25) is 0 Å². The summed E-state index contributed by atoms with van der Waals surface area (Å²) in [7, 11) is 0. The van der Waals surface area contributed by atoms with Crippen LogP contribution in [-0.2, 0) is 0 Å². The molecule has 10 rings (SSSR count). The fraction of sp³-hybridized carbons (Fsp3) is 0. The van der Waals surface area contributed by atoms with Crippen molar-refractivity contribution in [2.24, 2.45) is 0 Å². The molecule has 230 valence electrons. The molecule has 10 aromatic rings. The predicted molar refractivity (Wildman–Crippen MR) is 204 cm³/mol. The quantitative estimate of drug-likeness (QED) is 0.190. The van der Waals surface area contributed by atoms with Crippen molar-refractivity contribution in [1.29, 1.82) is 0 Å². The van der Waals surface area contributed by atoms with Gasteiger partial charge in [0, 0.05) is 38.1 Å². The van der Waals surface area contributed by atoms with Gasteiger partial charge >= 0.3 is 0 Å². The molecule has 0 amide bonds. The molecule has 0 N–H and O–H groups in total. The van der Waals surface area contributed by atoms with Crippen LogP contribution in [0.5, 0.6) is 0 Å². The molecular weight excluding hydrogens is 599 g/mol. The van der Waals surface area contributed by atoms with E-state index in [4.69, 9.17) is 8.83 Å². The van der Waals surface area contributed by atoms with Crippen molar-refractivity contribution in [3.8, 4) is 22.3 Å². The zero-order valence-electron chi connectivity index (χ0n) is 26.5. The summed E-state index contributed by atoms with van der Waals surface area (Å²) < 4.78 is 13.2. The van der Waals surface area contributed by atoms with Crippen LogP contribution in [0.3, 0.4) is 0 Å². The number of rotatable bonds is 5. The monoisotopic (exact) mass is 627 g/mol. The molecule has 0 fully saturated rings. The van der Waals surface area contributed by atoms with Crippen LogP contribution in [0.15, 0.2) is 185 Å². The molecule has 0 radical (unpaired) electrons. The smallest absolute Gasteiger partial charge is 0.159 e. The number of para-hydroxylation sites is 4. The molecule has 2 aromatic heterocycles. The Bertz CT molecular complexity index is 2840. The Balaban J connectivity index is 1.24. The van der Waals surface area contributed by atoms with Crippen molar-refractivity contribution in [1.82, 2.24) is 0 Å². The first kappa shape index (κ1) is 27.5. The number of anilines is 3. The van der Waals surface area contributed by atoms with Crippen LogP contribution < -0.4 is 4.90 Å². The first-order valence-corrected chi connectivity index (χ1v) is 16.6. The van der Waals surface area contributed by atoms with Gasteiger partial charge in [-0.15, -0.1) is 0 Å². The third-order valence-corrected chi connectivity index (χ3v) is 9.67. The van der Waals surface area contributed by atoms with Crippen molar-refractivity contribution in [2.45, 2.75) is 0 Å². The highest BCUT2D eigenvalue weighted by Crippen LogP contribution is 2.48. The molecule has 0 aliphatic heterocycles. The minimum Gasteiger partial charge on any atom is -0.455 e. The van der Waals surface area contributed by atoms with Crippen molar-refractivity contribution in [3.63, 3.8) is 0 Å². The van der Waals surface area contributed by atoms with Gasteiger partial charge in [-0.25, -0.2) is 0 Å². The van der Waals surface area contributed by atoms with Crippen molar-refractivity contribution in [3.05, 3.63) is 176 Å². The second-order valence-electron chi connectivity index (χ2n) is 12.5. The number of hydrogen-bond donors (Lipinski definition) is 0. The number of nitrogens with zero attached hydrogens (tertiary/aromatic N) is 1. The van der Waals surface area contributed by atoms with E-state index in [1.165, 1.54) is 5.39 Å². The maximum atomic E-state index is 6.68. The minimum absolute atomic E-state index is 0.851. The van der Waals surface area contributed by atoms with Crippen LogP contribution in [0.4, 0.5) is 17.1 Å². The number of hydrogen-bond acceptors (Lipinski definition) is 3. The lowest BCUT2D eigenvalue weighted by molar-refractivity contribution is 0.669. The fourth-order valence-electron chi connectivity index (χ4n) is 7.41. The average Bonchev–Trinajstić information content (AvgIpc) is 3.75. The van der Waals surface area contributed by atoms with Gasteiger partial charge in [0.15, 0.2) is 5.58 Å². The first-order chi connectivity index (χ1) is 24.3. The Labute approximate surface area is 282 Å². The molecule has 0 saturated carbocycles. The molecule has 0 spiro atoms. The van der Waals surface area contributed by atoms with Gasteiger partial charge in [0.1, 0.15) is 16.7 Å². The highest BCUT2D eigenvalue weighted by atomic mass is 16.3. The Morgan fingerprint density at radius 1 is 0.327 bits per heavy atom. The summed E-state index contributed by atoms with van der Waals surface area (Å²) in [6.07, 6.45) is 0. The minimum atomic E-state index is 0.851. The molecule has 8 aromatic carbocycles. The van der Waals surface area contributed by atoms with E-state index in [1.54, 1.807) is 0 Å². The van der Waals surface area contributed by atoms with E-state index in [1.807, 2.05) is 12.1 Å². The van der Waals surface area contributed by atoms with Gasteiger partial charge in [-0.2, -0.15) is 0 Å². The Hall–Kier alpha value is -6.58. The number of furan rings is 2. The highest BCUT2D eigenvalue weighted by molar-refractivity contribution is 6.16. The highest BCUT2D eigenvalue weighted by Gasteiger charge is 2.24. The van der Waals surface area contributed by atoms with Crippen molar-refractivity contribution >= 4 is 71.7 Å². The van der Waals surface area contributed by atoms with Crippen LogP contribution in [0.1, 0.15) is 0 Å². The zero-order valence-corrected chi connectivity index (χ0v) is 26.5. The molecular formula is C46H29NO2. The molecule has 2 heterocycles. The van der Waals surface area contributed by atoms with Crippen LogP contribution in [-0.4, -0.2) is 0 Å². The lowest BCUT2D eigenvalue weighted by Gasteiger charge is -2.30. The second-order valence-corrected chi connectivity index (χ2v) is 12.5. The van der Waals surface area contributed by atoms with Gasteiger partial charge in [-0.3, -0.25) is 0 Å². The van der Waals surface area contributed by atoms with E-state index < -0.39 is 0 Å². The van der Waals surface area contributed by atoms with E-state index in [2.05, 4.69) is 169 Å². The standard InChI is InChI=1S/C46H29NO2/c1-2-13-30(14-3-1)33-16-6-9-21-40(33)47(42-23-12-20-37-36-19-8-11-24-43(36)49-46(37)42)41-22-10-7-17-34(41)32-26-28-44-39(29-32)38-27-25-31-15-4-5-18-35(31)45(38)48-44/h1-29H. The predicted octanol–water partition coefficient (Wildman–Crippen LogP) is 13.4. The Kier molecular flexibility index (Phi) is 6.18. The van der Waals surface area contributed by atoms with Crippen LogP contribution >= 0.6 is 0 Å². The van der Waals surface area contributed by atoms with Gasteiger partial charge in [0.05, 0.1) is 17.1 Å². The fourth-order valence-corrected chi connectivity index (χ4v) is 7.41. The molecule has 0 unspecified atom stereocenters. The van der Waals surface area contributed by atoms with Crippen molar-refractivity contribution < 1.29 is 8.83 Å². The summed E-state index contributed by atoms with van der Waals surface area (Å²) in [5.41, 5.74) is 11.1. The second kappa shape index (κ2) is 11.0. The summed E-state index contributed by atoms with van der Waals surface area (Å²) in [5, 5.41) is 6.71. The van der Waals surface area contributed by atoms with Gasteiger partial charge in [-0.1, -0.05) is 133 Å². The van der Waals surface area contributed by atoms with Gasteiger partial charge in [0.2, 0.25) is 0 Å². The normalized spacial score (nSPS) is 11.7. The third kappa shape index (κ3) is 4.37. The summed E-state index contributed by atoms with van der Waals surface area (Å²) >= 11 is 0. The lowest BCUT2D eigenvalue weighted by Crippen LogP contribution is -2.12.